The number of carbonyl (C=O) groups excluding carboxylic acids is 2. The van der Waals surface area contributed by atoms with E-state index in [9.17, 15) is 9.59 Å². The molecule has 0 bridgehead atoms. The summed E-state index contributed by atoms with van der Waals surface area (Å²) in [6.07, 6.45) is 7.80. The average Bonchev–Trinajstić information content (AvgIpc) is 3.22. The first-order valence-electron chi connectivity index (χ1n) is 13.0. The first kappa shape index (κ1) is 22.9. The Labute approximate surface area is 202 Å². The molecule has 1 N–H and O–H groups in total. The van der Waals surface area contributed by atoms with Crippen LogP contribution in [0.3, 0.4) is 0 Å². The van der Waals surface area contributed by atoms with Crippen LogP contribution in [0.1, 0.15) is 56.1 Å². The van der Waals surface area contributed by atoms with Crippen LogP contribution in [0.25, 0.3) is 0 Å². The predicted octanol–water partition coefficient (Wildman–Crippen LogP) is 5.14. The van der Waals surface area contributed by atoms with Gasteiger partial charge < -0.3 is 15.0 Å². The van der Waals surface area contributed by atoms with Crippen LogP contribution in [0.4, 0.5) is 4.79 Å². The molecule has 1 aliphatic carbocycles. The van der Waals surface area contributed by atoms with E-state index in [2.05, 4.69) is 46.6 Å². The second kappa shape index (κ2) is 10.2. The SMILES string of the molecule is O=C(NCCc1ccccc1)O[C@H]1CC[C@@]23CCCN2C(=O)CCC[C@H]3[C@H]1Cc1ccccc1. The molecule has 2 aromatic rings. The fourth-order valence-corrected chi connectivity index (χ4v) is 6.90. The molecular weight excluding hydrogens is 424 g/mol. The molecule has 34 heavy (non-hydrogen) atoms. The Morgan fingerprint density at radius 2 is 1.71 bits per heavy atom. The van der Waals surface area contributed by atoms with Crippen molar-refractivity contribution < 1.29 is 14.3 Å². The van der Waals surface area contributed by atoms with E-state index in [1.807, 2.05) is 24.3 Å². The van der Waals surface area contributed by atoms with E-state index in [1.54, 1.807) is 0 Å². The van der Waals surface area contributed by atoms with Crippen molar-refractivity contribution in [1.82, 2.24) is 10.2 Å². The third-order valence-electron chi connectivity index (χ3n) is 8.38. The Morgan fingerprint density at radius 3 is 2.47 bits per heavy atom. The molecule has 1 saturated carbocycles. The maximum atomic E-state index is 12.9. The molecule has 2 aromatic carbocycles. The number of alkyl carbamates (subject to hydrolysis) is 1. The second-order valence-corrected chi connectivity index (χ2v) is 10.2. The molecule has 180 valence electrons. The average molecular weight is 461 g/mol. The van der Waals surface area contributed by atoms with Crippen LogP contribution in [-0.4, -0.2) is 41.6 Å². The smallest absolute Gasteiger partial charge is 0.407 e. The highest BCUT2D eigenvalue weighted by atomic mass is 16.6. The molecule has 3 fully saturated rings. The van der Waals surface area contributed by atoms with E-state index in [4.69, 9.17) is 4.74 Å². The van der Waals surface area contributed by atoms with Crippen LogP contribution in [-0.2, 0) is 22.4 Å². The summed E-state index contributed by atoms with van der Waals surface area (Å²) in [6, 6.07) is 20.7. The summed E-state index contributed by atoms with van der Waals surface area (Å²) in [4.78, 5) is 28.0. The van der Waals surface area contributed by atoms with E-state index in [0.29, 0.717) is 24.8 Å². The highest BCUT2D eigenvalue weighted by molar-refractivity contribution is 5.78. The molecule has 5 heteroatoms. The van der Waals surface area contributed by atoms with Gasteiger partial charge in [-0.05, 0) is 68.4 Å². The zero-order valence-electron chi connectivity index (χ0n) is 20.0. The molecule has 0 aromatic heterocycles. The van der Waals surface area contributed by atoms with Crippen LogP contribution < -0.4 is 5.32 Å². The topological polar surface area (TPSA) is 58.6 Å². The highest BCUT2D eigenvalue weighted by Gasteiger charge is 2.56. The minimum atomic E-state index is -0.317. The van der Waals surface area contributed by atoms with Gasteiger partial charge in [0.1, 0.15) is 6.10 Å². The van der Waals surface area contributed by atoms with Gasteiger partial charge in [0.25, 0.3) is 0 Å². The van der Waals surface area contributed by atoms with Gasteiger partial charge in [0.05, 0.1) is 0 Å². The molecule has 2 aliphatic heterocycles. The van der Waals surface area contributed by atoms with Gasteiger partial charge in [0.2, 0.25) is 5.91 Å². The molecule has 5 nitrogen and oxygen atoms in total. The van der Waals surface area contributed by atoms with Crippen LogP contribution in [0.2, 0.25) is 0 Å². The summed E-state index contributed by atoms with van der Waals surface area (Å²) >= 11 is 0. The fourth-order valence-electron chi connectivity index (χ4n) is 6.90. The van der Waals surface area contributed by atoms with Gasteiger partial charge in [0.15, 0.2) is 0 Å². The van der Waals surface area contributed by atoms with Crippen LogP contribution >= 0.6 is 0 Å². The number of rotatable bonds is 6. The Hall–Kier alpha value is -2.82. The molecule has 2 amide bonds. The van der Waals surface area contributed by atoms with Crippen molar-refractivity contribution in [3.63, 3.8) is 0 Å². The summed E-state index contributed by atoms with van der Waals surface area (Å²) in [5, 5.41) is 2.97. The van der Waals surface area contributed by atoms with Crippen LogP contribution in [0, 0.1) is 11.8 Å². The van der Waals surface area contributed by atoms with Gasteiger partial charge in [-0.2, -0.15) is 0 Å². The summed E-state index contributed by atoms with van der Waals surface area (Å²) in [7, 11) is 0. The largest absolute Gasteiger partial charge is 0.446 e. The molecule has 4 atom stereocenters. The maximum absolute atomic E-state index is 12.9. The van der Waals surface area contributed by atoms with Gasteiger partial charge in [-0.3, -0.25) is 4.79 Å². The van der Waals surface area contributed by atoms with E-state index in [1.165, 1.54) is 11.1 Å². The lowest BCUT2D eigenvalue weighted by molar-refractivity contribution is -0.141. The van der Waals surface area contributed by atoms with Gasteiger partial charge >= 0.3 is 6.09 Å². The lowest BCUT2D eigenvalue weighted by Gasteiger charge is -2.52. The first-order chi connectivity index (χ1) is 16.7. The molecule has 2 saturated heterocycles. The van der Waals surface area contributed by atoms with Gasteiger partial charge in [-0.15, -0.1) is 0 Å². The Balaban J connectivity index is 1.32. The number of nitrogens with zero attached hydrogens (tertiary/aromatic N) is 1. The molecule has 3 aliphatic rings. The zero-order valence-corrected chi connectivity index (χ0v) is 20.0. The lowest BCUT2D eigenvalue weighted by atomic mass is 9.62. The minimum Gasteiger partial charge on any atom is -0.446 e. The molecule has 2 heterocycles. The standard InChI is InChI=1S/C29H36N2O3/c32-27-14-7-13-25-24(21-23-11-5-2-6-12-23)26(15-18-29(25)17-8-20-31(27)29)34-28(33)30-19-16-22-9-3-1-4-10-22/h1-6,9-12,24-26H,7-8,13-21H2,(H,30,33)/t24-,25+,26+,29-/m1/s1. The number of ether oxygens (including phenoxy) is 1. The van der Waals surface area contributed by atoms with Crippen molar-refractivity contribution in [2.75, 3.05) is 13.1 Å². The van der Waals surface area contributed by atoms with Gasteiger partial charge in [-0.25, -0.2) is 4.79 Å². The normalized spacial score (nSPS) is 28.5. The second-order valence-electron chi connectivity index (χ2n) is 10.2. The number of hydrogen-bond acceptors (Lipinski definition) is 3. The third kappa shape index (κ3) is 4.70. The molecule has 0 unspecified atom stereocenters. The number of carbonyl (C=O) groups is 2. The Morgan fingerprint density at radius 1 is 0.971 bits per heavy atom. The van der Waals surface area contributed by atoms with Gasteiger partial charge in [-0.1, -0.05) is 60.7 Å². The van der Waals surface area contributed by atoms with Crippen molar-refractivity contribution >= 4 is 12.0 Å². The van der Waals surface area contributed by atoms with E-state index in [-0.39, 0.29) is 23.7 Å². The fraction of sp³-hybridized carbons (Fsp3) is 0.517. The summed E-state index contributed by atoms with van der Waals surface area (Å²) in [5.41, 5.74) is 2.44. The van der Waals surface area contributed by atoms with E-state index in [0.717, 1.165) is 57.9 Å². The van der Waals surface area contributed by atoms with Crippen LogP contribution in [0.5, 0.6) is 0 Å². The number of amides is 2. The Kier molecular flexibility index (Phi) is 6.89. The van der Waals surface area contributed by atoms with Crippen molar-refractivity contribution in [3.8, 4) is 0 Å². The monoisotopic (exact) mass is 460 g/mol. The Bertz CT molecular complexity index is 979. The van der Waals surface area contributed by atoms with E-state index < -0.39 is 0 Å². The predicted molar refractivity (Wildman–Crippen MR) is 132 cm³/mol. The zero-order chi connectivity index (χ0) is 23.4. The number of benzene rings is 2. The quantitative estimate of drug-likeness (QED) is 0.650. The van der Waals surface area contributed by atoms with Crippen molar-refractivity contribution in [2.24, 2.45) is 11.8 Å². The minimum absolute atomic E-state index is 0.0450. The summed E-state index contributed by atoms with van der Waals surface area (Å²) in [5.74, 6) is 0.927. The highest BCUT2D eigenvalue weighted by Crippen LogP contribution is 2.53. The first-order valence-corrected chi connectivity index (χ1v) is 13.0. The lowest BCUT2D eigenvalue weighted by Crippen LogP contribution is -2.59. The molecule has 0 radical (unpaired) electrons. The van der Waals surface area contributed by atoms with Crippen molar-refractivity contribution in [1.29, 1.82) is 0 Å². The van der Waals surface area contributed by atoms with Gasteiger partial charge in [0, 0.05) is 31.0 Å². The summed E-state index contributed by atoms with van der Waals surface area (Å²) in [6.45, 7) is 1.45. The third-order valence-corrected chi connectivity index (χ3v) is 8.38. The maximum Gasteiger partial charge on any atom is 0.407 e. The number of nitrogens with one attached hydrogen (secondary N) is 1. The van der Waals surface area contributed by atoms with Crippen molar-refractivity contribution in [2.45, 2.75) is 69.4 Å². The molecular formula is C29H36N2O3. The van der Waals surface area contributed by atoms with Crippen molar-refractivity contribution in [3.05, 3.63) is 71.8 Å². The van der Waals surface area contributed by atoms with E-state index >= 15 is 0 Å². The number of hydrogen-bond donors (Lipinski definition) is 1. The molecule has 1 spiro atoms. The molecule has 5 rings (SSSR count). The van der Waals surface area contributed by atoms with Crippen LogP contribution in [0.15, 0.2) is 60.7 Å². The summed E-state index contributed by atoms with van der Waals surface area (Å²) < 4.78 is 6.12.